The van der Waals surface area contributed by atoms with E-state index in [0.717, 1.165) is 19.3 Å². The summed E-state index contributed by atoms with van der Waals surface area (Å²) < 4.78 is 0. The van der Waals surface area contributed by atoms with Crippen molar-refractivity contribution in [2.24, 2.45) is 0 Å². The van der Waals surface area contributed by atoms with Crippen LogP contribution in [0, 0.1) is 0 Å². The minimum atomic E-state index is 1.02. The van der Waals surface area contributed by atoms with Crippen molar-refractivity contribution in [3.05, 3.63) is 108 Å². The highest BCUT2D eigenvalue weighted by molar-refractivity contribution is 5.95. The highest BCUT2D eigenvalue weighted by Gasteiger charge is 2.26. The van der Waals surface area contributed by atoms with E-state index in [1.165, 1.54) is 50.1 Å². The van der Waals surface area contributed by atoms with Gasteiger partial charge in [-0.1, -0.05) is 104 Å². The molecular weight excluding hydrogens is 336 g/mol. The molecule has 0 spiro atoms. The summed E-state index contributed by atoms with van der Waals surface area (Å²) in [6, 6.07) is 33.3. The minimum Gasteiger partial charge on any atom is -0.0651 e. The highest BCUT2D eigenvalue weighted by Crippen LogP contribution is 2.47. The maximum atomic E-state index is 2.47. The zero-order valence-corrected chi connectivity index (χ0v) is 16.3. The largest absolute Gasteiger partial charge is 0.0651 e. The van der Waals surface area contributed by atoms with Crippen molar-refractivity contribution in [3.63, 3.8) is 0 Å². The SMILES string of the molecule is CCCc1cc2c(c(-c3ccccc3)c1-c1ccccc1)Cc1ccccc1-2. The van der Waals surface area contributed by atoms with E-state index in [0.29, 0.717) is 0 Å². The zero-order chi connectivity index (χ0) is 18.9. The van der Waals surface area contributed by atoms with E-state index in [1.54, 1.807) is 0 Å². The number of rotatable bonds is 4. The lowest BCUT2D eigenvalue weighted by molar-refractivity contribution is 0.923. The molecule has 0 saturated carbocycles. The van der Waals surface area contributed by atoms with Crippen molar-refractivity contribution in [3.8, 4) is 33.4 Å². The van der Waals surface area contributed by atoms with Gasteiger partial charge in [-0.3, -0.25) is 0 Å². The van der Waals surface area contributed by atoms with E-state index >= 15 is 0 Å². The Hall–Kier alpha value is -3.12. The molecule has 0 atom stereocenters. The number of aryl methyl sites for hydroxylation is 1. The first kappa shape index (κ1) is 17.0. The third-order valence-electron chi connectivity index (χ3n) is 5.84. The summed E-state index contributed by atoms with van der Waals surface area (Å²) in [6.07, 6.45) is 3.26. The first-order valence-electron chi connectivity index (χ1n) is 10.2. The van der Waals surface area contributed by atoms with E-state index in [1.807, 2.05) is 0 Å². The van der Waals surface area contributed by atoms with Crippen LogP contribution in [0.4, 0.5) is 0 Å². The van der Waals surface area contributed by atoms with Gasteiger partial charge in [0.15, 0.2) is 0 Å². The second kappa shape index (κ2) is 7.13. The van der Waals surface area contributed by atoms with Crippen LogP contribution in [0.3, 0.4) is 0 Å². The lowest BCUT2D eigenvalue weighted by Gasteiger charge is -2.20. The molecule has 0 aliphatic heterocycles. The van der Waals surface area contributed by atoms with Gasteiger partial charge < -0.3 is 0 Å². The molecule has 0 fully saturated rings. The van der Waals surface area contributed by atoms with Crippen LogP contribution in [0.25, 0.3) is 33.4 Å². The number of benzene rings is 4. The van der Waals surface area contributed by atoms with Crippen molar-refractivity contribution in [1.82, 2.24) is 0 Å². The molecular formula is C28H24. The summed E-state index contributed by atoms with van der Waals surface area (Å²) >= 11 is 0. The molecule has 28 heavy (non-hydrogen) atoms. The fourth-order valence-corrected chi connectivity index (χ4v) is 4.66. The molecule has 0 heteroatoms. The summed E-state index contributed by atoms with van der Waals surface area (Å²) in [7, 11) is 0. The van der Waals surface area contributed by atoms with Gasteiger partial charge in [0.05, 0.1) is 0 Å². The number of hydrogen-bond acceptors (Lipinski definition) is 0. The third kappa shape index (κ3) is 2.77. The summed E-state index contributed by atoms with van der Waals surface area (Å²) in [5.41, 5.74) is 12.7. The fraction of sp³-hybridized carbons (Fsp3) is 0.143. The molecule has 0 heterocycles. The molecule has 0 amide bonds. The van der Waals surface area contributed by atoms with Crippen LogP contribution in [-0.2, 0) is 12.8 Å². The van der Waals surface area contributed by atoms with Crippen molar-refractivity contribution < 1.29 is 0 Å². The Morgan fingerprint density at radius 3 is 1.93 bits per heavy atom. The first-order chi connectivity index (χ1) is 13.9. The topological polar surface area (TPSA) is 0 Å². The molecule has 0 aromatic heterocycles. The summed E-state index contributed by atoms with van der Waals surface area (Å²) in [4.78, 5) is 0. The van der Waals surface area contributed by atoms with Gasteiger partial charge in [0.1, 0.15) is 0 Å². The molecule has 0 nitrogen and oxygen atoms in total. The molecule has 5 rings (SSSR count). The predicted molar refractivity (Wildman–Crippen MR) is 120 cm³/mol. The van der Waals surface area contributed by atoms with Gasteiger partial charge in [0, 0.05) is 0 Å². The van der Waals surface area contributed by atoms with Gasteiger partial charge in [-0.15, -0.1) is 0 Å². The van der Waals surface area contributed by atoms with Crippen molar-refractivity contribution in [2.75, 3.05) is 0 Å². The average Bonchev–Trinajstić information content (AvgIpc) is 3.12. The highest BCUT2D eigenvalue weighted by atomic mass is 14.3. The van der Waals surface area contributed by atoms with E-state index in [4.69, 9.17) is 0 Å². The average molecular weight is 361 g/mol. The summed E-state index contributed by atoms with van der Waals surface area (Å²) in [5.74, 6) is 0. The van der Waals surface area contributed by atoms with E-state index < -0.39 is 0 Å². The monoisotopic (exact) mass is 360 g/mol. The molecule has 0 N–H and O–H groups in total. The van der Waals surface area contributed by atoms with Gasteiger partial charge >= 0.3 is 0 Å². The molecule has 0 radical (unpaired) electrons. The molecule has 136 valence electrons. The van der Waals surface area contributed by atoms with Crippen LogP contribution in [-0.4, -0.2) is 0 Å². The Kier molecular flexibility index (Phi) is 4.33. The van der Waals surface area contributed by atoms with Crippen LogP contribution < -0.4 is 0 Å². The van der Waals surface area contributed by atoms with Crippen molar-refractivity contribution in [1.29, 1.82) is 0 Å². The van der Waals surface area contributed by atoms with E-state index in [9.17, 15) is 0 Å². The van der Waals surface area contributed by atoms with E-state index in [2.05, 4.69) is 97.9 Å². The maximum absolute atomic E-state index is 2.47. The molecule has 4 aromatic carbocycles. The quantitative estimate of drug-likeness (QED) is 0.310. The smallest absolute Gasteiger partial charge is 0.000706 e. The lowest BCUT2D eigenvalue weighted by atomic mass is 9.83. The van der Waals surface area contributed by atoms with Gasteiger partial charge in [-0.2, -0.15) is 0 Å². The standard InChI is InChI=1S/C28H24/c1-2-11-23-19-25-24-17-10-9-16-22(24)18-26(25)28(21-14-7-4-8-15-21)27(23)20-12-5-3-6-13-20/h3-10,12-17,19H,2,11,18H2,1H3. The van der Waals surface area contributed by atoms with Gasteiger partial charge in [0.2, 0.25) is 0 Å². The van der Waals surface area contributed by atoms with Crippen LogP contribution in [0.1, 0.15) is 30.0 Å². The number of hydrogen-bond donors (Lipinski definition) is 0. The van der Waals surface area contributed by atoms with Crippen LogP contribution in [0.5, 0.6) is 0 Å². The Balaban J connectivity index is 1.88. The predicted octanol–water partition coefficient (Wildman–Crippen LogP) is 7.54. The maximum Gasteiger partial charge on any atom is -0.000706 e. The van der Waals surface area contributed by atoms with Gasteiger partial charge in [-0.25, -0.2) is 0 Å². The Labute approximate surface area is 167 Å². The molecule has 1 aliphatic carbocycles. The van der Waals surface area contributed by atoms with Crippen LogP contribution >= 0.6 is 0 Å². The van der Waals surface area contributed by atoms with Crippen molar-refractivity contribution in [2.45, 2.75) is 26.2 Å². The Morgan fingerprint density at radius 1 is 0.643 bits per heavy atom. The lowest BCUT2D eigenvalue weighted by Crippen LogP contribution is -1.99. The first-order valence-corrected chi connectivity index (χ1v) is 10.2. The minimum absolute atomic E-state index is 1.02. The fourth-order valence-electron chi connectivity index (χ4n) is 4.66. The van der Waals surface area contributed by atoms with Crippen molar-refractivity contribution >= 4 is 0 Å². The molecule has 1 aliphatic rings. The molecule has 0 unspecified atom stereocenters. The Bertz CT molecular complexity index is 1120. The zero-order valence-electron chi connectivity index (χ0n) is 16.3. The van der Waals surface area contributed by atoms with Crippen LogP contribution in [0.15, 0.2) is 91.0 Å². The van der Waals surface area contributed by atoms with E-state index in [-0.39, 0.29) is 0 Å². The molecule has 4 aromatic rings. The molecule has 0 saturated heterocycles. The van der Waals surface area contributed by atoms with Gasteiger partial charge in [-0.05, 0) is 62.9 Å². The normalized spacial score (nSPS) is 11.9. The number of fused-ring (bicyclic) bond motifs is 3. The third-order valence-corrected chi connectivity index (χ3v) is 5.84. The van der Waals surface area contributed by atoms with Crippen LogP contribution in [0.2, 0.25) is 0 Å². The van der Waals surface area contributed by atoms with Gasteiger partial charge in [0.25, 0.3) is 0 Å². The second-order valence-corrected chi connectivity index (χ2v) is 7.63. The second-order valence-electron chi connectivity index (χ2n) is 7.63. The Morgan fingerprint density at radius 2 is 1.25 bits per heavy atom. The molecule has 0 bridgehead atoms. The summed E-state index contributed by atoms with van der Waals surface area (Å²) in [6.45, 7) is 2.28. The summed E-state index contributed by atoms with van der Waals surface area (Å²) in [5, 5.41) is 0.